The quantitative estimate of drug-likeness (QED) is 0.707. The molecule has 5 nitrogen and oxygen atoms in total. The predicted octanol–water partition coefficient (Wildman–Crippen LogP) is 3.92. The highest BCUT2D eigenvalue weighted by molar-refractivity contribution is 6.30. The first-order valence-corrected chi connectivity index (χ1v) is 8.18. The maximum absolute atomic E-state index is 13.2. The molecule has 134 valence electrons. The fourth-order valence-electron chi connectivity index (χ4n) is 2.26. The van der Waals surface area contributed by atoms with E-state index in [9.17, 15) is 13.6 Å². The second-order valence-corrected chi connectivity index (χ2v) is 5.95. The molecular weight excluding hydrogens is 364 g/mol. The Hall–Kier alpha value is -2.80. The van der Waals surface area contributed by atoms with E-state index in [0.717, 1.165) is 0 Å². The highest BCUT2D eigenvalue weighted by Crippen LogP contribution is 2.17. The molecular formula is C18H14ClF2N3O2. The van der Waals surface area contributed by atoms with E-state index in [1.54, 1.807) is 18.2 Å². The van der Waals surface area contributed by atoms with Crippen LogP contribution in [0.4, 0.5) is 8.78 Å². The lowest BCUT2D eigenvalue weighted by molar-refractivity contribution is -0.121. The first-order valence-electron chi connectivity index (χ1n) is 7.80. The zero-order chi connectivity index (χ0) is 18.5. The molecule has 0 aliphatic carbocycles. The topological polar surface area (TPSA) is 68.0 Å². The summed E-state index contributed by atoms with van der Waals surface area (Å²) in [5, 5.41) is 6.49. The number of aromatic nitrogens is 2. The van der Waals surface area contributed by atoms with Gasteiger partial charge in [-0.25, -0.2) is 8.78 Å². The molecule has 0 unspecified atom stereocenters. The van der Waals surface area contributed by atoms with Crippen molar-refractivity contribution in [2.75, 3.05) is 0 Å². The van der Waals surface area contributed by atoms with Crippen molar-refractivity contribution in [2.45, 2.75) is 19.4 Å². The van der Waals surface area contributed by atoms with E-state index in [4.69, 9.17) is 16.1 Å². The molecule has 0 aliphatic rings. The Morgan fingerprint density at radius 3 is 2.81 bits per heavy atom. The monoisotopic (exact) mass is 377 g/mol. The fraction of sp³-hybridized carbons (Fsp3) is 0.167. The molecule has 1 heterocycles. The molecule has 0 saturated carbocycles. The summed E-state index contributed by atoms with van der Waals surface area (Å²) >= 11 is 5.69. The third-order valence-corrected chi connectivity index (χ3v) is 3.88. The number of hydrogen-bond acceptors (Lipinski definition) is 4. The summed E-state index contributed by atoms with van der Waals surface area (Å²) in [6.45, 7) is 0.233. The zero-order valence-electron chi connectivity index (χ0n) is 13.5. The SMILES string of the molecule is O=C(CCc1nc(-c2cccc(F)c2)no1)NCc1ccc(F)c(Cl)c1. The number of benzene rings is 2. The van der Waals surface area contributed by atoms with E-state index < -0.39 is 11.6 Å². The van der Waals surface area contributed by atoms with Gasteiger partial charge in [-0.15, -0.1) is 0 Å². The van der Waals surface area contributed by atoms with E-state index in [2.05, 4.69) is 15.5 Å². The lowest BCUT2D eigenvalue weighted by Crippen LogP contribution is -2.23. The molecule has 0 radical (unpaired) electrons. The summed E-state index contributed by atoms with van der Waals surface area (Å²) in [5.41, 5.74) is 1.19. The first kappa shape index (κ1) is 18.0. The Morgan fingerprint density at radius 1 is 1.19 bits per heavy atom. The molecule has 0 fully saturated rings. The number of halogens is 3. The van der Waals surface area contributed by atoms with Gasteiger partial charge in [0, 0.05) is 24.9 Å². The molecule has 0 aliphatic heterocycles. The van der Waals surface area contributed by atoms with Gasteiger partial charge in [0.2, 0.25) is 17.6 Å². The molecule has 0 spiro atoms. The Labute approximate surface area is 153 Å². The predicted molar refractivity (Wildman–Crippen MR) is 91.3 cm³/mol. The number of aryl methyl sites for hydroxylation is 1. The van der Waals surface area contributed by atoms with Crippen LogP contribution in [-0.4, -0.2) is 16.0 Å². The average molecular weight is 378 g/mol. The fourth-order valence-corrected chi connectivity index (χ4v) is 2.46. The number of hydrogen-bond donors (Lipinski definition) is 1. The molecule has 2 aromatic carbocycles. The largest absolute Gasteiger partial charge is 0.352 e. The Kier molecular flexibility index (Phi) is 5.58. The first-order chi connectivity index (χ1) is 12.5. The summed E-state index contributed by atoms with van der Waals surface area (Å²) in [4.78, 5) is 16.1. The van der Waals surface area contributed by atoms with Crippen LogP contribution in [0.1, 0.15) is 17.9 Å². The Morgan fingerprint density at radius 2 is 2.04 bits per heavy atom. The van der Waals surface area contributed by atoms with E-state index in [0.29, 0.717) is 11.1 Å². The smallest absolute Gasteiger partial charge is 0.227 e. The summed E-state index contributed by atoms with van der Waals surface area (Å²) in [7, 11) is 0. The van der Waals surface area contributed by atoms with Crippen LogP contribution in [0.15, 0.2) is 47.0 Å². The number of carbonyl (C=O) groups is 1. The lowest BCUT2D eigenvalue weighted by Gasteiger charge is -2.05. The second kappa shape index (κ2) is 8.05. The van der Waals surface area contributed by atoms with Gasteiger partial charge in [-0.2, -0.15) is 4.98 Å². The molecule has 0 saturated heterocycles. The Bertz CT molecular complexity index is 930. The van der Waals surface area contributed by atoms with Crippen LogP contribution in [0, 0.1) is 11.6 Å². The van der Waals surface area contributed by atoms with E-state index in [1.165, 1.54) is 24.3 Å². The maximum atomic E-state index is 13.2. The van der Waals surface area contributed by atoms with Crippen molar-refractivity contribution in [3.63, 3.8) is 0 Å². The van der Waals surface area contributed by atoms with Crippen molar-refractivity contribution in [2.24, 2.45) is 0 Å². The van der Waals surface area contributed by atoms with Gasteiger partial charge < -0.3 is 9.84 Å². The van der Waals surface area contributed by atoms with Crippen LogP contribution >= 0.6 is 11.6 Å². The molecule has 8 heteroatoms. The van der Waals surface area contributed by atoms with Crippen LogP contribution in [0.2, 0.25) is 5.02 Å². The second-order valence-electron chi connectivity index (χ2n) is 5.55. The average Bonchev–Trinajstić information content (AvgIpc) is 3.10. The molecule has 26 heavy (non-hydrogen) atoms. The van der Waals surface area contributed by atoms with Gasteiger partial charge in [-0.1, -0.05) is 35.0 Å². The van der Waals surface area contributed by atoms with Crippen LogP contribution < -0.4 is 5.32 Å². The van der Waals surface area contributed by atoms with Gasteiger partial charge in [-0.05, 0) is 29.8 Å². The molecule has 1 amide bonds. The van der Waals surface area contributed by atoms with Crippen molar-refractivity contribution in [3.05, 3.63) is 70.6 Å². The highest BCUT2D eigenvalue weighted by atomic mass is 35.5. The number of nitrogens with one attached hydrogen (secondary N) is 1. The van der Waals surface area contributed by atoms with E-state index >= 15 is 0 Å². The zero-order valence-corrected chi connectivity index (χ0v) is 14.3. The summed E-state index contributed by atoms with van der Waals surface area (Å²) in [5.74, 6) is -0.581. The van der Waals surface area contributed by atoms with Gasteiger partial charge in [-0.3, -0.25) is 4.79 Å². The van der Waals surface area contributed by atoms with Gasteiger partial charge in [0.25, 0.3) is 0 Å². The summed E-state index contributed by atoms with van der Waals surface area (Å²) < 4.78 is 31.4. The third-order valence-electron chi connectivity index (χ3n) is 3.59. The van der Waals surface area contributed by atoms with Crippen LogP contribution in [-0.2, 0) is 17.8 Å². The van der Waals surface area contributed by atoms with Crippen molar-refractivity contribution in [1.29, 1.82) is 0 Å². The van der Waals surface area contributed by atoms with Crippen molar-refractivity contribution in [1.82, 2.24) is 15.5 Å². The van der Waals surface area contributed by atoms with Gasteiger partial charge in [0.1, 0.15) is 11.6 Å². The van der Waals surface area contributed by atoms with E-state index in [1.807, 2.05) is 0 Å². The minimum atomic E-state index is -0.507. The normalized spacial score (nSPS) is 10.7. The lowest BCUT2D eigenvalue weighted by atomic mass is 10.2. The number of nitrogens with zero attached hydrogens (tertiary/aromatic N) is 2. The Balaban J connectivity index is 1.51. The minimum absolute atomic E-state index is 0.00693. The number of carbonyl (C=O) groups excluding carboxylic acids is 1. The van der Waals surface area contributed by atoms with Crippen LogP contribution in [0.25, 0.3) is 11.4 Å². The third kappa shape index (κ3) is 4.64. The van der Waals surface area contributed by atoms with E-state index in [-0.39, 0.29) is 42.0 Å². The molecule has 1 N–H and O–H groups in total. The molecule has 3 rings (SSSR count). The van der Waals surface area contributed by atoms with Crippen molar-refractivity contribution >= 4 is 17.5 Å². The molecule has 0 atom stereocenters. The van der Waals surface area contributed by atoms with Gasteiger partial charge in [0.15, 0.2) is 0 Å². The highest BCUT2D eigenvalue weighted by Gasteiger charge is 2.11. The molecule has 3 aromatic rings. The van der Waals surface area contributed by atoms with Crippen molar-refractivity contribution in [3.8, 4) is 11.4 Å². The standard InChI is InChI=1S/C18H14ClF2N3O2/c19-14-8-11(4-5-15(14)21)10-22-16(25)6-7-17-23-18(24-26-17)12-2-1-3-13(20)9-12/h1-5,8-9H,6-7,10H2,(H,22,25). The van der Waals surface area contributed by atoms with Gasteiger partial charge in [0.05, 0.1) is 5.02 Å². The molecule has 0 bridgehead atoms. The van der Waals surface area contributed by atoms with Gasteiger partial charge >= 0.3 is 0 Å². The number of rotatable bonds is 6. The summed E-state index contributed by atoms with van der Waals surface area (Å²) in [6.07, 6.45) is 0.387. The minimum Gasteiger partial charge on any atom is -0.352 e. The van der Waals surface area contributed by atoms with Crippen LogP contribution in [0.3, 0.4) is 0 Å². The molecule has 1 aromatic heterocycles. The number of amides is 1. The van der Waals surface area contributed by atoms with Crippen LogP contribution in [0.5, 0.6) is 0 Å². The summed E-state index contributed by atoms with van der Waals surface area (Å²) in [6, 6.07) is 10.1. The maximum Gasteiger partial charge on any atom is 0.227 e. The van der Waals surface area contributed by atoms with Crippen molar-refractivity contribution < 1.29 is 18.1 Å².